The van der Waals surface area contributed by atoms with E-state index < -0.39 is 0 Å². The van der Waals surface area contributed by atoms with Gasteiger partial charge in [-0.2, -0.15) is 0 Å². The van der Waals surface area contributed by atoms with Crippen LogP contribution in [0.15, 0.2) is 24.2 Å². The lowest BCUT2D eigenvalue weighted by Gasteiger charge is -2.19. The first-order chi connectivity index (χ1) is 9.33. The van der Waals surface area contributed by atoms with Crippen LogP contribution >= 0.6 is 11.3 Å². The second-order valence-electron chi connectivity index (χ2n) is 5.02. The first kappa shape index (κ1) is 12.8. The summed E-state index contributed by atoms with van der Waals surface area (Å²) in [6, 6.07) is 0. The molecule has 5 heteroatoms. The van der Waals surface area contributed by atoms with Gasteiger partial charge in [-0.15, -0.1) is 17.9 Å². The quantitative estimate of drug-likeness (QED) is 0.789. The summed E-state index contributed by atoms with van der Waals surface area (Å²) in [6.07, 6.45) is 6.51. The van der Waals surface area contributed by atoms with Crippen molar-refractivity contribution in [3.05, 3.63) is 35.6 Å². The lowest BCUT2D eigenvalue weighted by atomic mass is 10.2. The first-order valence-corrected chi connectivity index (χ1v) is 7.60. The van der Waals surface area contributed by atoms with Gasteiger partial charge in [0.15, 0.2) is 4.96 Å². The minimum Gasteiger partial charge on any atom is -0.395 e. The Bertz CT molecular complexity index is 570. The third kappa shape index (κ3) is 2.59. The van der Waals surface area contributed by atoms with E-state index in [0.29, 0.717) is 12.5 Å². The van der Waals surface area contributed by atoms with Crippen LogP contribution in [0.25, 0.3) is 4.96 Å². The van der Waals surface area contributed by atoms with Gasteiger partial charge in [0.2, 0.25) is 0 Å². The molecular formula is C14H19N3OS. The van der Waals surface area contributed by atoms with Gasteiger partial charge in [-0.3, -0.25) is 9.30 Å². The fraction of sp³-hybridized carbons (Fsp3) is 0.500. The third-order valence-corrected chi connectivity index (χ3v) is 4.29. The smallest absolute Gasteiger partial charge is 0.194 e. The van der Waals surface area contributed by atoms with Crippen molar-refractivity contribution in [2.45, 2.75) is 25.3 Å². The maximum absolute atomic E-state index is 9.16. The van der Waals surface area contributed by atoms with Gasteiger partial charge < -0.3 is 5.11 Å². The largest absolute Gasteiger partial charge is 0.395 e. The predicted octanol–water partition coefficient (Wildman–Crippen LogP) is 2.25. The molecule has 1 fully saturated rings. The maximum Gasteiger partial charge on any atom is 0.194 e. The van der Waals surface area contributed by atoms with Crippen molar-refractivity contribution in [3.8, 4) is 0 Å². The molecule has 3 rings (SSSR count). The Balaban J connectivity index is 1.90. The van der Waals surface area contributed by atoms with Crippen LogP contribution in [0.3, 0.4) is 0 Å². The Labute approximate surface area is 117 Å². The zero-order chi connectivity index (χ0) is 13.2. The van der Waals surface area contributed by atoms with Crippen LogP contribution in [0.1, 0.15) is 30.1 Å². The van der Waals surface area contributed by atoms with Crippen LogP contribution in [0, 0.1) is 0 Å². The molecule has 0 radical (unpaired) electrons. The van der Waals surface area contributed by atoms with Crippen LogP contribution in [0.4, 0.5) is 0 Å². The molecule has 2 aromatic rings. The summed E-state index contributed by atoms with van der Waals surface area (Å²) < 4.78 is 2.20. The summed E-state index contributed by atoms with van der Waals surface area (Å²) in [5.74, 6) is 0.654. The normalized spacial score (nSPS) is 15.5. The van der Waals surface area contributed by atoms with Gasteiger partial charge >= 0.3 is 0 Å². The van der Waals surface area contributed by atoms with Gasteiger partial charge in [0.25, 0.3) is 0 Å². The number of aliphatic hydroxyl groups excluding tert-OH is 1. The predicted molar refractivity (Wildman–Crippen MR) is 77.6 cm³/mol. The number of fused-ring (bicyclic) bond motifs is 1. The van der Waals surface area contributed by atoms with E-state index in [2.05, 4.69) is 27.5 Å². The zero-order valence-electron chi connectivity index (χ0n) is 11.0. The summed E-state index contributed by atoms with van der Waals surface area (Å²) in [4.78, 5) is 8.07. The van der Waals surface area contributed by atoms with E-state index in [1.54, 1.807) is 11.3 Å². The van der Waals surface area contributed by atoms with Gasteiger partial charge in [0, 0.05) is 37.1 Å². The van der Waals surface area contributed by atoms with E-state index in [1.165, 1.54) is 24.2 Å². The SMILES string of the molecule is C=CCN(CCO)Cc1c(C2CC2)nc2sccn12. The molecule has 1 saturated carbocycles. The Morgan fingerprint density at radius 1 is 1.58 bits per heavy atom. The molecule has 1 N–H and O–H groups in total. The maximum atomic E-state index is 9.16. The molecule has 1 aliphatic rings. The molecule has 0 saturated heterocycles. The lowest BCUT2D eigenvalue weighted by molar-refractivity contribution is 0.201. The Morgan fingerprint density at radius 3 is 3.11 bits per heavy atom. The molecule has 0 amide bonds. The molecule has 4 nitrogen and oxygen atoms in total. The van der Waals surface area contributed by atoms with Crippen LogP contribution in [0.2, 0.25) is 0 Å². The number of hydrogen-bond acceptors (Lipinski definition) is 4. The molecule has 0 aliphatic heterocycles. The Kier molecular flexibility index (Phi) is 3.68. The van der Waals surface area contributed by atoms with E-state index in [4.69, 9.17) is 10.1 Å². The highest BCUT2D eigenvalue weighted by Crippen LogP contribution is 2.42. The van der Waals surface area contributed by atoms with E-state index in [9.17, 15) is 0 Å². The number of imidazole rings is 1. The molecule has 1 aliphatic carbocycles. The van der Waals surface area contributed by atoms with Gasteiger partial charge in [-0.05, 0) is 12.8 Å². The molecule has 0 aromatic carbocycles. The van der Waals surface area contributed by atoms with Crippen molar-refractivity contribution in [1.82, 2.24) is 14.3 Å². The highest BCUT2D eigenvalue weighted by molar-refractivity contribution is 7.15. The Morgan fingerprint density at radius 2 is 2.42 bits per heavy atom. The van der Waals surface area contributed by atoms with Crippen molar-refractivity contribution < 1.29 is 5.11 Å². The fourth-order valence-corrected chi connectivity index (χ4v) is 3.20. The molecule has 2 heterocycles. The van der Waals surface area contributed by atoms with E-state index in [1.807, 2.05) is 6.08 Å². The van der Waals surface area contributed by atoms with Crippen molar-refractivity contribution >= 4 is 16.3 Å². The average molecular weight is 277 g/mol. The lowest BCUT2D eigenvalue weighted by Crippen LogP contribution is -2.27. The van der Waals surface area contributed by atoms with Crippen molar-refractivity contribution in [1.29, 1.82) is 0 Å². The number of aromatic nitrogens is 2. The van der Waals surface area contributed by atoms with E-state index in [-0.39, 0.29) is 6.61 Å². The van der Waals surface area contributed by atoms with Crippen molar-refractivity contribution in [2.75, 3.05) is 19.7 Å². The van der Waals surface area contributed by atoms with Crippen LogP contribution in [-0.4, -0.2) is 39.1 Å². The van der Waals surface area contributed by atoms with Crippen LogP contribution in [0.5, 0.6) is 0 Å². The first-order valence-electron chi connectivity index (χ1n) is 6.72. The minimum atomic E-state index is 0.179. The van der Waals surface area contributed by atoms with E-state index >= 15 is 0 Å². The summed E-state index contributed by atoms with van der Waals surface area (Å²) in [5, 5.41) is 11.2. The molecular weight excluding hydrogens is 258 g/mol. The number of nitrogens with zero attached hydrogens (tertiary/aromatic N) is 3. The highest BCUT2D eigenvalue weighted by atomic mass is 32.1. The van der Waals surface area contributed by atoms with Crippen molar-refractivity contribution in [2.24, 2.45) is 0 Å². The standard InChI is InChI=1S/C14H19N3OS/c1-2-5-16(6-8-18)10-12-13(11-3-4-11)15-14-17(12)7-9-19-14/h2,7,9,11,18H,1,3-6,8,10H2. The van der Waals surface area contributed by atoms with Gasteiger partial charge in [-0.25, -0.2) is 4.98 Å². The molecule has 0 unspecified atom stereocenters. The second-order valence-corrected chi connectivity index (χ2v) is 5.89. The minimum absolute atomic E-state index is 0.179. The van der Waals surface area contributed by atoms with E-state index in [0.717, 1.165) is 18.1 Å². The number of thiazole rings is 1. The summed E-state index contributed by atoms with van der Waals surface area (Å²) in [5.41, 5.74) is 2.55. The average Bonchev–Trinajstić information content (AvgIpc) is 3.03. The molecule has 2 aromatic heterocycles. The molecule has 19 heavy (non-hydrogen) atoms. The van der Waals surface area contributed by atoms with Gasteiger partial charge in [-0.1, -0.05) is 6.08 Å². The van der Waals surface area contributed by atoms with Crippen LogP contribution in [-0.2, 0) is 6.54 Å². The third-order valence-electron chi connectivity index (χ3n) is 3.53. The number of rotatable bonds is 7. The molecule has 0 bridgehead atoms. The zero-order valence-corrected chi connectivity index (χ0v) is 11.8. The summed E-state index contributed by atoms with van der Waals surface area (Å²) in [6.45, 7) is 6.27. The molecule has 0 spiro atoms. The highest BCUT2D eigenvalue weighted by Gasteiger charge is 2.30. The second kappa shape index (κ2) is 5.45. The number of hydrogen-bond donors (Lipinski definition) is 1. The van der Waals surface area contributed by atoms with Gasteiger partial charge in [0.05, 0.1) is 18.0 Å². The Hall–Kier alpha value is -1.17. The fourth-order valence-electron chi connectivity index (χ4n) is 2.46. The van der Waals surface area contributed by atoms with Gasteiger partial charge in [0.1, 0.15) is 0 Å². The monoisotopic (exact) mass is 277 g/mol. The summed E-state index contributed by atoms with van der Waals surface area (Å²) in [7, 11) is 0. The summed E-state index contributed by atoms with van der Waals surface area (Å²) >= 11 is 1.69. The van der Waals surface area contributed by atoms with Crippen molar-refractivity contribution in [3.63, 3.8) is 0 Å². The van der Waals surface area contributed by atoms with Crippen LogP contribution < -0.4 is 0 Å². The topological polar surface area (TPSA) is 40.8 Å². The molecule has 0 atom stereocenters. The number of aliphatic hydroxyl groups is 1. The molecule has 102 valence electrons.